The quantitative estimate of drug-likeness (QED) is 0.0594. The summed E-state index contributed by atoms with van der Waals surface area (Å²) in [6, 6.07) is 0. The van der Waals surface area contributed by atoms with Gasteiger partial charge in [-0.1, -0.05) is 189 Å². The Bertz CT molecular complexity index is 594. The summed E-state index contributed by atoms with van der Waals surface area (Å²) in [7, 11) is 1.44. The van der Waals surface area contributed by atoms with E-state index in [9.17, 15) is 4.57 Å². The van der Waals surface area contributed by atoms with E-state index < -0.39 is 13.2 Å². The molecule has 44 heavy (non-hydrogen) atoms. The summed E-state index contributed by atoms with van der Waals surface area (Å²) in [6.45, 7) is 17.2. The van der Waals surface area contributed by atoms with Crippen molar-refractivity contribution >= 4 is 17.3 Å². The molecular weight excluding hydrogens is 574 g/mol. The molecule has 0 saturated heterocycles. The monoisotopic (exact) mass is 660 g/mol. The van der Waals surface area contributed by atoms with Crippen LogP contribution < -0.4 is 0 Å². The SMILES string of the molecule is CCCC(C)C(C)(C)[P+](=O)O.CCCCCCCCCCCCC(CCCCCC)C(P)(CCCCCC)CCCCCC. The second-order valence-electron chi connectivity index (χ2n) is 15.0. The van der Waals surface area contributed by atoms with Gasteiger partial charge in [-0.3, -0.25) is 0 Å². The first-order valence-corrected chi connectivity index (χ1v) is 21.8. The van der Waals surface area contributed by atoms with E-state index in [0.29, 0.717) is 11.1 Å². The van der Waals surface area contributed by atoms with Crippen molar-refractivity contribution in [3.63, 3.8) is 0 Å². The zero-order chi connectivity index (χ0) is 33.5. The molecule has 0 rings (SSSR count). The molecule has 0 saturated carbocycles. The van der Waals surface area contributed by atoms with Crippen LogP contribution in [0.15, 0.2) is 0 Å². The molecule has 0 spiro atoms. The van der Waals surface area contributed by atoms with Gasteiger partial charge in [-0.2, -0.15) is 4.89 Å². The van der Waals surface area contributed by atoms with Crippen LogP contribution in [0.25, 0.3) is 0 Å². The molecule has 2 nitrogen and oxygen atoms in total. The van der Waals surface area contributed by atoms with Gasteiger partial charge in [-0.15, -0.1) is 9.24 Å². The predicted molar refractivity (Wildman–Crippen MR) is 207 cm³/mol. The average molecular weight is 660 g/mol. The lowest BCUT2D eigenvalue weighted by Gasteiger charge is -2.39. The maximum atomic E-state index is 10.9. The van der Waals surface area contributed by atoms with E-state index in [-0.39, 0.29) is 0 Å². The van der Waals surface area contributed by atoms with Gasteiger partial charge in [0, 0.05) is 5.92 Å². The fraction of sp³-hybridized carbons (Fsp3) is 1.00. The van der Waals surface area contributed by atoms with Crippen molar-refractivity contribution in [2.45, 2.75) is 245 Å². The highest BCUT2D eigenvalue weighted by Gasteiger charge is 2.43. The standard InChI is InChI=1S/C32H67P.C8H17O2P/c1-5-9-13-17-18-19-20-21-22-24-28-31(27-23-14-10-6-2)32(33,29-25-15-11-7-3)30-26-16-12-8-4;1-5-6-7(2)8(3,4)11(9)10/h31H,5-30,33H2,1-4H3;7H,5-6H2,1-4H3/p+1. The van der Waals surface area contributed by atoms with Crippen LogP contribution >= 0.6 is 17.3 Å². The Morgan fingerprint density at radius 3 is 1.18 bits per heavy atom. The van der Waals surface area contributed by atoms with Crippen molar-refractivity contribution in [1.29, 1.82) is 0 Å². The van der Waals surface area contributed by atoms with E-state index in [4.69, 9.17) is 4.89 Å². The van der Waals surface area contributed by atoms with Crippen molar-refractivity contribution in [2.24, 2.45) is 11.8 Å². The fourth-order valence-corrected chi connectivity index (χ4v) is 7.93. The van der Waals surface area contributed by atoms with E-state index in [1.807, 2.05) is 20.8 Å². The van der Waals surface area contributed by atoms with Gasteiger partial charge in [0.15, 0.2) is 5.16 Å². The van der Waals surface area contributed by atoms with E-state index >= 15 is 0 Å². The van der Waals surface area contributed by atoms with Crippen LogP contribution in [-0.4, -0.2) is 15.2 Å². The molecule has 4 heteroatoms. The molecule has 0 amide bonds. The van der Waals surface area contributed by atoms with Gasteiger partial charge in [-0.05, 0) is 61.6 Å². The molecule has 0 fully saturated rings. The summed E-state index contributed by atoms with van der Waals surface area (Å²) in [6.07, 6.45) is 39.7. The average Bonchev–Trinajstić information content (AvgIpc) is 3.00. The Kier molecular flexibility index (Phi) is 34.0. The number of hydrogen-bond acceptors (Lipinski definition) is 1. The van der Waals surface area contributed by atoms with Crippen LogP contribution in [0.3, 0.4) is 0 Å². The highest BCUT2D eigenvalue weighted by atomic mass is 31.1. The number of rotatable bonds is 31. The van der Waals surface area contributed by atoms with Gasteiger partial charge in [0.2, 0.25) is 0 Å². The van der Waals surface area contributed by atoms with Gasteiger partial charge >= 0.3 is 8.03 Å². The highest BCUT2D eigenvalue weighted by molar-refractivity contribution is 7.40. The summed E-state index contributed by atoms with van der Waals surface area (Å²) in [5.41, 5.74) is 0. The van der Waals surface area contributed by atoms with Crippen LogP contribution in [0.1, 0.15) is 235 Å². The van der Waals surface area contributed by atoms with Gasteiger partial charge < -0.3 is 0 Å². The van der Waals surface area contributed by atoms with Crippen molar-refractivity contribution in [3.05, 3.63) is 0 Å². The molecule has 4 unspecified atom stereocenters. The summed E-state index contributed by atoms with van der Waals surface area (Å²) >= 11 is 0. The molecule has 0 bridgehead atoms. The molecule has 0 aromatic carbocycles. The minimum atomic E-state index is -2.04. The fourth-order valence-electron chi connectivity index (χ4n) is 6.68. The third-order valence-electron chi connectivity index (χ3n) is 10.5. The van der Waals surface area contributed by atoms with Crippen LogP contribution in [0.4, 0.5) is 0 Å². The lowest BCUT2D eigenvalue weighted by molar-refractivity contribution is 0.270. The summed E-state index contributed by atoms with van der Waals surface area (Å²) in [5.74, 6) is 1.26. The first-order chi connectivity index (χ1) is 21.1. The minimum absolute atomic E-state index is 0.320. The van der Waals surface area contributed by atoms with Crippen LogP contribution in [0.5, 0.6) is 0 Å². The molecule has 0 radical (unpaired) electrons. The Balaban J connectivity index is 0. The Morgan fingerprint density at radius 1 is 0.523 bits per heavy atom. The first kappa shape index (κ1) is 46.6. The molecule has 0 aromatic heterocycles. The summed E-state index contributed by atoms with van der Waals surface area (Å²) < 4.78 is 10.9. The zero-order valence-corrected chi connectivity index (χ0v) is 33.9. The Morgan fingerprint density at radius 2 is 0.841 bits per heavy atom. The van der Waals surface area contributed by atoms with E-state index in [2.05, 4.69) is 43.9 Å². The van der Waals surface area contributed by atoms with Crippen LogP contribution in [0.2, 0.25) is 0 Å². The van der Waals surface area contributed by atoms with Crippen molar-refractivity contribution < 1.29 is 9.46 Å². The smallest absolute Gasteiger partial charge is 0.160 e. The summed E-state index contributed by atoms with van der Waals surface area (Å²) in [5, 5.41) is 0.0956. The molecule has 0 aromatic rings. The molecule has 1 N–H and O–H groups in total. The second-order valence-corrected chi connectivity index (χ2v) is 17.8. The molecule has 266 valence electrons. The zero-order valence-electron chi connectivity index (χ0n) is 31.8. The maximum Gasteiger partial charge on any atom is 0.511 e. The molecule has 0 aliphatic heterocycles. The van der Waals surface area contributed by atoms with Gasteiger partial charge in [0.25, 0.3) is 0 Å². The normalized spacial score (nSPS) is 13.8. The lowest BCUT2D eigenvalue weighted by Crippen LogP contribution is -2.32. The van der Waals surface area contributed by atoms with Crippen molar-refractivity contribution in [3.8, 4) is 0 Å². The number of unbranched alkanes of at least 4 members (excludes halogenated alkanes) is 18. The Labute approximate surface area is 283 Å². The first-order valence-electron chi connectivity index (χ1n) is 20.0. The minimum Gasteiger partial charge on any atom is -0.160 e. The third-order valence-corrected chi connectivity index (χ3v) is 13.0. The van der Waals surface area contributed by atoms with E-state index in [1.165, 1.54) is 167 Å². The largest absolute Gasteiger partial charge is 0.511 e. The molecular formula is C40H85O2P2+. The molecule has 0 aliphatic rings. The summed E-state index contributed by atoms with van der Waals surface area (Å²) in [4.78, 5) is 8.99. The molecule has 0 aliphatic carbocycles. The van der Waals surface area contributed by atoms with Crippen molar-refractivity contribution in [1.82, 2.24) is 0 Å². The van der Waals surface area contributed by atoms with Gasteiger partial charge in [0.1, 0.15) is 0 Å². The second kappa shape index (κ2) is 32.1. The lowest BCUT2D eigenvalue weighted by atomic mass is 9.77. The van der Waals surface area contributed by atoms with E-state index in [1.54, 1.807) is 0 Å². The number of hydrogen-bond donors (Lipinski definition) is 1. The van der Waals surface area contributed by atoms with Gasteiger partial charge in [-0.25, -0.2) is 0 Å². The Hall–Kier alpha value is 0.490. The molecule has 4 atom stereocenters. The van der Waals surface area contributed by atoms with Crippen LogP contribution in [0, 0.1) is 11.8 Å². The third kappa shape index (κ3) is 25.6. The van der Waals surface area contributed by atoms with Crippen molar-refractivity contribution in [2.75, 3.05) is 0 Å². The highest BCUT2D eigenvalue weighted by Crippen LogP contribution is 2.44. The van der Waals surface area contributed by atoms with Gasteiger partial charge in [0.05, 0.1) is 0 Å². The maximum absolute atomic E-state index is 10.9. The predicted octanol–water partition coefficient (Wildman–Crippen LogP) is 15.4. The molecule has 0 heterocycles. The van der Waals surface area contributed by atoms with Crippen LogP contribution in [-0.2, 0) is 4.57 Å². The topological polar surface area (TPSA) is 37.3 Å². The van der Waals surface area contributed by atoms with E-state index in [0.717, 1.165) is 18.8 Å².